The van der Waals surface area contributed by atoms with Gasteiger partial charge in [-0.1, -0.05) is 46.3 Å². The van der Waals surface area contributed by atoms with Crippen molar-refractivity contribution in [1.82, 2.24) is 0 Å². The molecule has 8 heteroatoms. The third kappa shape index (κ3) is 4.44. The van der Waals surface area contributed by atoms with E-state index in [4.69, 9.17) is 4.74 Å². The number of imide groups is 1. The van der Waals surface area contributed by atoms with Crippen LogP contribution in [0, 0.1) is 37.5 Å². The second-order valence-electron chi connectivity index (χ2n) is 11.0. The first-order valence-corrected chi connectivity index (χ1v) is 14.3. The molecule has 40 heavy (non-hydrogen) atoms. The lowest BCUT2D eigenvalue weighted by molar-refractivity contribution is -0.123. The summed E-state index contributed by atoms with van der Waals surface area (Å²) >= 11 is 3.46. The summed E-state index contributed by atoms with van der Waals surface area (Å²) in [5, 5.41) is 2.77. The molecule has 3 aromatic rings. The van der Waals surface area contributed by atoms with E-state index >= 15 is 0 Å². The summed E-state index contributed by atoms with van der Waals surface area (Å²) in [6, 6.07) is 20.1. The summed E-state index contributed by atoms with van der Waals surface area (Å²) in [6.45, 7) is 3.41. The zero-order chi connectivity index (χ0) is 28.1. The van der Waals surface area contributed by atoms with Crippen molar-refractivity contribution in [2.24, 2.45) is 23.7 Å². The fourth-order valence-electron chi connectivity index (χ4n) is 6.87. The van der Waals surface area contributed by atoms with Gasteiger partial charge in [0, 0.05) is 10.2 Å². The Morgan fingerprint density at radius 3 is 2.33 bits per heavy atom. The molecule has 3 aromatic carbocycles. The number of carbonyl (C=O) groups is 4. The molecule has 3 amide bonds. The van der Waals surface area contributed by atoms with E-state index in [1.54, 1.807) is 18.2 Å². The van der Waals surface area contributed by atoms with Gasteiger partial charge in [-0.25, -0.2) is 4.79 Å². The summed E-state index contributed by atoms with van der Waals surface area (Å²) in [4.78, 5) is 53.2. The molecule has 0 unspecified atom stereocenters. The van der Waals surface area contributed by atoms with Crippen molar-refractivity contribution < 1.29 is 23.9 Å². The summed E-state index contributed by atoms with van der Waals surface area (Å²) < 4.78 is 6.15. The van der Waals surface area contributed by atoms with Gasteiger partial charge in [0.25, 0.3) is 5.91 Å². The topological polar surface area (TPSA) is 92.8 Å². The van der Waals surface area contributed by atoms with Crippen molar-refractivity contribution in [3.8, 4) is 0 Å². The smallest absolute Gasteiger partial charge is 0.338 e. The third-order valence-corrected chi connectivity index (χ3v) is 9.79. The van der Waals surface area contributed by atoms with Crippen LogP contribution in [0.5, 0.6) is 0 Å². The minimum Gasteiger partial charge on any atom is -0.452 e. The monoisotopic (exact) mass is 600 g/mol. The molecule has 3 fully saturated rings. The van der Waals surface area contributed by atoms with Gasteiger partial charge in [-0.05, 0) is 97.5 Å². The highest BCUT2D eigenvalue weighted by atomic mass is 79.9. The molecule has 0 aromatic heterocycles. The predicted octanol–water partition coefficient (Wildman–Crippen LogP) is 5.79. The molecule has 3 aliphatic rings. The number of hydrogen-bond donors (Lipinski definition) is 1. The molecule has 2 bridgehead atoms. The number of halogens is 1. The molecule has 6 rings (SSSR count). The molecule has 1 N–H and O–H groups in total. The van der Waals surface area contributed by atoms with E-state index in [-0.39, 0.29) is 41.0 Å². The number of anilines is 2. The zero-order valence-electron chi connectivity index (χ0n) is 22.2. The average molecular weight is 601 g/mol. The lowest BCUT2D eigenvalue weighted by Gasteiger charge is -2.28. The molecule has 0 spiro atoms. The summed E-state index contributed by atoms with van der Waals surface area (Å²) in [5.41, 5.74) is 4.51. The number of ether oxygens (including phenoxy) is 1. The molecule has 2 aliphatic carbocycles. The van der Waals surface area contributed by atoms with Crippen molar-refractivity contribution in [3.05, 3.63) is 93.5 Å². The van der Waals surface area contributed by atoms with E-state index in [2.05, 4.69) is 33.4 Å². The molecule has 204 valence electrons. The van der Waals surface area contributed by atoms with Crippen LogP contribution in [0.15, 0.2) is 71.2 Å². The Bertz CT molecular complexity index is 1520. The Morgan fingerprint density at radius 1 is 0.900 bits per heavy atom. The summed E-state index contributed by atoms with van der Waals surface area (Å²) in [7, 11) is 0. The Kier molecular flexibility index (Phi) is 6.82. The number of rotatable bonds is 6. The molecular weight excluding hydrogens is 572 g/mol. The van der Waals surface area contributed by atoms with Gasteiger partial charge in [0.1, 0.15) is 0 Å². The SMILES string of the molecule is Cc1c(Br)ccc(NC(=O)COC(=O)c2ccc(N3C(=O)[C@@H]4[C@@H]5C[C@@H]([C@@H]4C3=O)[C@H](c3ccccc3)C5)cc2)c1C. The number of amides is 3. The highest BCUT2D eigenvalue weighted by Crippen LogP contribution is 2.61. The molecular formula is C32H29BrN2O5. The first-order valence-electron chi connectivity index (χ1n) is 13.5. The second-order valence-corrected chi connectivity index (χ2v) is 11.8. The van der Waals surface area contributed by atoms with Crippen LogP contribution in [0.1, 0.15) is 45.8 Å². The Labute approximate surface area is 241 Å². The van der Waals surface area contributed by atoms with Crippen LogP contribution in [0.2, 0.25) is 0 Å². The molecule has 1 saturated heterocycles. The second kappa shape index (κ2) is 10.3. The Balaban J connectivity index is 1.09. The number of fused-ring (bicyclic) bond motifs is 5. The zero-order valence-corrected chi connectivity index (χ0v) is 23.8. The third-order valence-electron chi connectivity index (χ3n) is 8.93. The fourth-order valence-corrected chi connectivity index (χ4v) is 7.30. The fraction of sp³-hybridized carbons (Fsp3) is 0.312. The van der Waals surface area contributed by atoms with Gasteiger partial charge in [-0.3, -0.25) is 19.3 Å². The average Bonchev–Trinajstić information content (AvgIpc) is 3.64. The minimum absolute atomic E-state index is 0.139. The van der Waals surface area contributed by atoms with Crippen LogP contribution in [0.25, 0.3) is 0 Å². The lowest BCUT2D eigenvalue weighted by atomic mass is 9.73. The van der Waals surface area contributed by atoms with E-state index in [0.29, 0.717) is 17.3 Å². The van der Waals surface area contributed by atoms with Gasteiger partial charge in [0.2, 0.25) is 11.8 Å². The van der Waals surface area contributed by atoms with Crippen molar-refractivity contribution in [1.29, 1.82) is 0 Å². The van der Waals surface area contributed by atoms with Gasteiger partial charge >= 0.3 is 5.97 Å². The van der Waals surface area contributed by atoms with Crippen molar-refractivity contribution in [2.75, 3.05) is 16.8 Å². The first-order chi connectivity index (χ1) is 19.2. The van der Waals surface area contributed by atoms with Crippen molar-refractivity contribution in [3.63, 3.8) is 0 Å². The molecule has 1 aliphatic heterocycles. The van der Waals surface area contributed by atoms with Gasteiger partial charge < -0.3 is 10.1 Å². The number of esters is 1. The van der Waals surface area contributed by atoms with E-state index in [0.717, 1.165) is 28.4 Å². The van der Waals surface area contributed by atoms with Crippen LogP contribution in [0.3, 0.4) is 0 Å². The maximum Gasteiger partial charge on any atom is 0.338 e. The van der Waals surface area contributed by atoms with Crippen LogP contribution in [0.4, 0.5) is 11.4 Å². The number of hydrogen-bond acceptors (Lipinski definition) is 5. The van der Waals surface area contributed by atoms with E-state index in [9.17, 15) is 19.2 Å². The van der Waals surface area contributed by atoms with Crippen LogP contribution >= 0.6 is 15.9 Å². The number of nitrogens with zero attached hydrogens (tertiary/aromatic N) is 1. The number of benzene rings is 3. The first kappa shape index (κ1) is 26.4. The van der Waals surface area contributed by atoms with Gasteiger partial charge in [0.15, 0.2) is 6.61 Å². The van der Waals surface area contributed by atoms with Crippen molar-refractivity contribution in [2.45, 2.75) is 32.6 Å². The van der Waals surface area contributed by atoms with Gasteiger partial charge in [-0.15, -0.1) is 0 Å². The van der Waals surface area contributed by atoms with Crippen LogP contribution < -0.4 is 10.2 Å². The minimum atomic E-state index is -0.662. The van der Waals surface area contributed by atoms with Gasteiger partial charge in [-0.2, -0.15) is 0 Å². The maximum absolute atomic E-state index is 13.5. The Hall–Kier alpha value is -3.78. The van der Waals surface area contributed by atoms with Crippen LogP contribution in [-0.2, 0) is 19.1 Å². The molecule has 0 radical (unpaired) electrons. The van der Waals surface area contributed by atoms with E-state index in [1.165, 1.54) is 22.6 Å². The molecule has 5 atom stereocenters. The molecule has 1 heterocycles. The summed E-state index contributed by atoms with van der Waals surface area (Å²) in [5.74, 6) is -1.26. The van der Waals surface area contributed by atoms with E-state index in [1.807, 2.05) is 38.1 Å². The molecule has 7 nitrogen and oxygen atoms in total. The van der Waals surface area contributed by atoms with Crippen LogP contribution in [-0.4, -0.2) is 30.3 Å². The lowest BCUT2D eigenvalue weighted by Crippen LogP contribution is -2.33. The largest absolute Gasteiger partial charge is 0.452 e. The maximum atomic E-state index is 13.5. The van der Waals surface area contributed by atoms with Crippen molar-refractivity contribution >= 4 is 51.0 Å². The normalized spacial score (nSPS) is 24.8. The molecule has 2 saturated carbocycles. The van der Waals surface area contributed by atoms with Gasteiger partial charge in [0.05, 0.1) is 23.1 Å². The standard InChI is InChI=1S/C32H29BrN2O5/c1-17-18(2)26(13-12-25(17)33)34-27(36)16-40-32(39)20-8-10-22(11-9-20)35-30(37)28-21-14-23(19-6-4-3-5-7-19)24(15-21)29(28)31(35)38/h3-13,21,23-24,28-29H,14-16H2,1-2H3,(H,34,36)/t21-,23-,24+,28+,29-/m0/s1. The number of nitrogens with one attached hydrogen (secondary N) is 1. The quantitative estimate of drug-likeness (QED) is 0.285. The predicted molar refractivity (Wildman–Crippen MR) is 154 cm³/mol. The highest BCUT2D eigenvalue weighted by molar-refractivity contribution is 9.10. The highest BCUT2D eigenvalue weighted by Gasteiger charge is 2.64. The van der Waals surface area contributed by atoms with E-state index < -0.39 is 18.5 Å². The summed E-state index contributed by atoms with van der Waals surface area (Å²) in [6.07, 6.45) is 1.85. The number of carbonyl (C=O) groups excluding carboxylic acids is 4. The Morgan fingerprint density at radius 2 is 1.60 bits per heavy atom.